The molecule has 154 valence electrons. The van der Waals surface area contributed by atoms with Crippen molar-refractivity contribution in [3.63, 3.8) is 0 Å². The maximum absolute atomic E-state index is 13.4. The fraction of sp³-hybridized carbons (Fsp3) is 0.318. The molecule has 8 heteroatoms. The molecule has 3 heterocycles. The van der Waals surface area contributed by atoms with Gasteiger partial charge in [-0.25, -0.2) is 4.39 Å². The fourth-order valence-electron chi connectivity index (χ4n) is 4.56. The van der Waals surface area contributed by atoms with E-state index < -0.39 is 5.82 Å². The van der Waals surface area contributed by atoms with E-state index in [2.05, 4.69) is 26.5 Å². The molecule has 2 aliphatic heterocycles. The van der Waals surface area contributed by atoms with Crippen LogP contribution in [-0.2, 0) is 19.5 Å². The lowest BCUT2D eigenvalue weighted by atomic mass is 9.89. The van der Waals surface area contributed by atoms with Crippen molar-refractivity contribution in [2.45, 2.75) is 19.5 Å². The van der Waals surface area contributed by atoms with E-state index in [1.54, 1.807) is 12.1 Å². The zero-order valence-corrected chi connectivity index (χ0v) is 17.0. The Labute approximate surface area is 178 Å². The first-order chi connectivity index (χ1) is 14.5. The third kappa shape index (κ3) is 3.82. The number of hydrogen-bond donors (Lipinski definition) is 1. The second kappa shape index (κ2) is 7.81. The van der Waals surface area contributed by atoms with Gasteiger partial charge in [-0.15, -0.1) is 10.2 Å². The standard InChI is InChI=1S/C22H21ClFN5O/c23-17-4-1-3-14(7-17)10-28-11-15-8-20-26-27-21(29(20)13-16(15)12-28)22(30)25-19-6-2-5-18(24)9-19/h1-7,9,15-16H,8,10-13H2,(H,25,30)/t15-,16-/m1/s1. The Morgan fingerprint density at radius 3 is 2.77 bits per heavy atom. The number of fused-ring (bicyclic) bond motifs is 2. The summed E-state index contributed by atoms with van der Waals surface area (Å²) in [6.07, 6.45) is 0.803. The van der Waals surface area contributed by atoms with Crippen LogP contribution < -0.4 is 5.32 Å². The molecule has 1 amide bonds. The van der Waals surface area contributed by atoms with Gasteiger partial charge in [0.25, 0.3) is 5.91 Å². The molecular formula is C22H21ClFN5O. The van der Waals surface area contributed by atoms with Crippen LogP contribution in [-0.4, -0.2) is 38.7 Å². The van der Waals surface area contributed by atoms with Gasteiger partial charge in [0.05, 0.1) is 0 Å². The maximum Gasteiger partial charge on any atom is 0.293 e. The molecule has 1 saturated heterocycles. The van der Waals surface area contributed by atoms with E-state index in [4.69, 9.17) is 11.6 Å². The number of nitrogens with one attached hydrogen (secondary N) is 1. The lowest BCUT2D eigenvalue weighted by molar-refractivity contribution is 0.100. The van der Waals surface area contributed by atoms with E-state index >= 15 is 0 Å². The Hall–Kier alpha value is -2.77. The third-order valence-electron chi connectivity index (χ3n) is 5.92. The summed E-state index contributed by atoms with van der Waals surface area (Å²) in [6, 6.07) is 13.8. The number of amides is 1. The molecule has 0 aliphatic carbocycles. The average molecular weight is 426 g/mol. The van der Waals surface area contributed by atoms with Crippen LogP contribution in [0.3, 0.4) is 0 Å². The zero-order chi connectivity index (χ0) is 20.7. The van der Waals surface area contributed by atoms with Gasteiger partial charge in [0.1, 0.15) is 11.6 Å². The highest BCUT2D eigenvalue weighted by Gasteiger charge is 2.39. The number of nitrogens with zero attached hydrogens (tertiary/aromatic N) is 4. The lowest BCUT2D eigenvalue weighted by Crippen LogP contribution is -2.31. The molecular weight excluding hydrogens is 405 g/mol. The highest BCUT2D eigenvalue weighted by Crippen LogP contribution is 2.33. The molecule has 30 heavy (non-hydrogen) atoms. The first-order valence-electron chi connectivity index (χ1n) is 10.0. The number of carbonyl (C=O) groups is 1. The van der Waals surface area contributed by atoms with Crippen molar-refractivity contribution in [2.24, 2.45) is 11.8 Å². The Kier molecular flexibility index (Phi) is 5.00. The molecule has 6 nitrogen and oxygen atoms in total. The summed E-state index contributed by atoms with van der Waals surface area (Å²) in [7, 11) is 0. The second-order valence-electron chi connectivity index (χ2n) is 8.06. The zero-order valence-electron chi connectivity index (χ0n) is 16.3. The molecule has 0 unspecified atom stereocenters. The predicted octanol–water partition coefficient (Wildman–Crippen LogP) is 3.63. The Morgan fingerprint density at radius 2 is 1.93 bits per heavy atom. The van der Waals surface area contributed by atoms with Gasteiger partial charge in [-0.2, -0.15) is 0 Å². The normalized spacial score (nSPS) is 20.6. The van der Waals surface area contributed by atoms with E-state index in [0.29, 0.717) is 24.1 Å². The Morgan fingerprint density at radius 1 is 1.10 bits per heavy atom. The number of anilines is 1. The molecule has 0 spiro atoms. The molecule has 1 fully saturated rings. The average Bonchev–Trinajstić information content (AvgIpc) is 3.28. The van der Waals surface area contributed by atoms with Crippen molar-refractivity contribution in [2.75, 3.05) is 18.4 Å². The molecule has 1 aromatic heterocycles. The Bertz CT molecular complexity index is 1100. The van der Waals surface area contributed by atoms with Gasteiger partial charge in [-0.1, -0.05) is 29.8 Å². The Balaban J connectivity index is 1.28. The summed E-state index contributed by atoms with van der Waals surface area (Å²) >= 11 is 6.12. The van der Waals surface area contributed by atoms with Crippen LogP contribution in [0.25, 0.3) is 0 Å². The van der Waals surface area contributed by atoms with E-state index in [1.165, 1.54) is 17.7 Å². The topological polar surface area (TPSA) is 63.1 Å². The smallest absolute Gasteiger partial charge is 0.293 e. The molecule has 2 aliphatic rings. The fourth-order valence-corrected chi connectivity index (χ4v) is 4.78. The molecule has 0 saturated carbocycles. The van der Waals surface area contributed by atoms with Crippen LogP contribution in [0, 0.1) is 17.7 Å². The minimum Gasteiger partial charge on any atom is -0.319 e. The lowest BCUT2D eigenvalue weighted by Gasteiger charge is -2.25. The van der Waals surface area contributed by atoms with Gasteiger partial charge in [-0.3, -0.25) is 9.69 Å². The number of carbonyl (C=O) groups excluding carboxylic acids is 1. The van der Waals surface area contributed by atoms with Crippen LogP contribution in [0.2, 0.25) is 5.02 Å². The van der Waals surface area contributed by atoms with Gasteiger partial charge in [0, 0.05) is 43.3 Å². The van der Waals surface area contributed by atoms with E-state index in [-0.39, 0.29) is 11.7 Å². The molecule has 2 aromatic carbocycles. The van der Waals surface area contributed by atoms with Crippen molar-refractivity contribution in [3.8, 4) is 0 Å². The van der Waals surface area contributed by atoms with Crippen molar-refractivity contribution < 1.29 is 9.18 Å². The first-order valence-corrected chi connectivity index (χ1v) is 10.4. The van der Waals surface area contributed by atoms with Gasteiger partial charge in [0.15, 0.2) is 0 Å². The number of hydrogen-bond acceptors (Lipinski definition) is 4. The van der Waals surface area contributed by atoms with Crippen LogP contribution in [0.15, 0.2) is 48.5 Å². The van der Waals surface area contributed by atoms with Gasteiger partial charge >= 0.3 is 0 Å². The van der Waals surface area contributed by atoms with E-state index in [0.717, 1.165) is 36.9 Å². The molecule has 2 atom stereocenters. The molecule has 3 aromatic rings. The molecule has 0 bridgehead atoms. The summed E-state index contributed by atoms with van der Waals surface area (Å²) in [6.45, 7) is 3.53. The maximum atomic E-state index is 13.4. The predicted molar refractivity (Wildman–Crippen MR) is 112 cm³/mol. The highest BCUT2D eigenvalue weighted by atomic mass is 35.5. The second-order valence-corrected chi connectivity index (χ2v) is 8.50. The van der Waals surface area contributed by atoms with Gasteiger partial charge in [0.2, 0.25) is 5.82 Å². The third-order valence-corrected chi connectivity index (χ3v) is 6.16. The first kappa shape index (κ1) is 19.2. The minimum atomic E-state index is -0.398. The summed E-state index contributed by atoms with van der Waals surface area (Å²) < 4.78 is 15.3. The summed E-state index contributed by atoms with van der Waals surface area (Å²) in [5.41, 5.74) is 1.61. The number of rotatable bonds is 4. The SMILES string of the molecule is O=C(Nc1cccc(F)c1)c1nnc2n1C[C@H]1CN(Cc3cccc(Cl)c3)C[C@H]1C2. The molecule has 0 radical (unpaired) electrons. The number of aromatic nitrogens is 3. The van der Waals surface area contributed by atoms with E-state index in [1.807, 2.05) is 22.8 Å². The van der Waals surface area contributed by atoms with Crippen LogP contribution >= 0.6 is 11.6 Å². The number of benzene rings is 2. The van der Waals surface area contributed by atoms with Crippen LogP contribution in [0.1, 0.15) is 22.0 Å². The van der Waals surface area contributed by atoms with Crippen molar-refractivity contribution in [1.82, 2.24) is 19.7 Å². The quantitative estimate of drug-likeness (QED) is 0.693. The summed E-state index contributed by atoms with van der Waals surface area (Å²) in [5.74, 6) is 1.29. The van der Waals surface area contributed by atoms with Crippen LogP contribution in [0.5, 0.6) is 0 Å². The highest BCUT2D eigenvalue weighted by molar-refractivity contribution is 6.30. The number of likely N-dealkylation sites (tertiary alicyclic amines) is 1. The van der Waals surface area contributed by atoms with E-state index in [9.17, 15) is 9.18 Å². The summed E-state index contributed by atoms with van der Waals surface area (Å²) in [4.78, 5) is 15.1. The van der Waals surface area contributed by atoms with Gasteiger partial charge < -0.3 is 9.88 Å². The van der Waals surface area contributed by atoms with Crippen LogP contribution in [0.4, 0.5) is 10.1 Å². The largest absolute Gasteiger partial charge is 0.319 e. The van der Waals surface area contributed by atoms with Gasteiger partial charge in [-0.05, 0) is 47.7 Å². The number of halogens is 2. The van der Waals surface area contributed by atoms with Crippen molar-refractivity contribution >= 4 is 23.2 Å². The molecule has 1 N–H and O–H groups in total. The van der Waals surface area contributed by atoms with Crippen molar-refractivity contribution in [1.29, 1.82) is 0 Å². The summed E-state index contributed by atoms with van der Waals surface area (Å²) in [5, 5.41) is 11.8. The monoisotopic (exact) mass is 425 g/mol. The molecule has 5 rings (SSSR count). The van der Waals surface area contributed by atoms with Crippen molar-refractivity contribution in [3.05, 3.63) is 76.6 Å². The minimum absolute atomic E-state index is 0.279.